The van der Waals surface area contributed by atoms with Crippen LogP contribution in [0.3, 0.4) is 0 Å². The number of nitriles is 1. The van der Waals surface area contributed by atoms with E-state index in [4.69, 9.17) is 5.26 Å². The second-order valence-corrected chi connectivity index (χ2v) is 4.60. The van der Waals surface area contributed by atoms with Crippen molar-refractivity contribution in [1.29, 1.82) is 5.26 Å². The van der Waals surface area contributed by atoms with Crippen LogP contribution in [0.25, 0.3) is 0 Å². The number of anilines is 1. The molecule has 2 N–H and O–H groups in total. The van der Waals surface area contributed by atoms with E-state index in [0.717, 1.165) is 0 Å². The predicted molar refractivity (Wildman–Crippen MR) is 66.3 cm³/mol. The molecule has 0 unspecified atom stereocenters. The number of aromatic hydroxyl groups is 1. The summed E-state index contributed by atoms with van der Waals surface area (Å²) in [6, 6.07) is 1.49. The van der Waals surface area contributed by atoms with Crippen LogP contribution in [-0.2, 0) is 11.0 Å². The maximum Gasteiger partial charge on any atom is 0.418 e. The minimum atomic E-state index is -4.64. The van der Waals surface area contributed by atoms with Gasteiger partial charge in [0, 0.05) is 11.8 Å². The molecule has 5 nitrogen and oxygen atoms in total. The van der Waals surface area contributed by atoms with E-state index in [1.54, 1.807) is 0 Å². The standard InChI is InChI=1S/C13H10F3N3O2/c1-6(4-17)12(21)19-11-10(20)9(7-2-3-7)8(5-18-11)13(14,15)16/h5,7,20H,1-3H2,(H,18,19,21). The number of nitrogens with zero attached hydrogens (tertiary/aromatic N) is 2. The van der Waals surface area contributed by atoms with Crippen molar-refractivity contribution in [2.75, 3.05) is 5.32 Å². The fourth-order valence-corrected chi connectivity index (χ4v) is 1.85. The van der Waals surface area contributed by atoms with Crippen LogP contribution in [0, 0.1) is 11.3 Å². The molecule has 0 aromatic carbocycles. The highest BCUT2D eigenvalue weighted by Gasteiger charge is 2.41. The van der Waals surface area contributed by atoms with Crippen LogP contribution >= 0.6 is 0 Å². The van der Waals surface area contributed by atoms with Crippen molar-refractivity contribution in [2.24, 2.45) is 0 Å². The summed E-state index contributed by atoms with van der Waals surface area (Å²) in [7, 11) is 0. The number of pyridine rings is 1. The number of aromatic nitrogens is 1. The zero-order valence-corrected chi connectivity index (χ0v) is 10.7. The maximum atomic E-state index is 12.9. The zero-order chi connectivity index (χ0) is 15.8. The topological polar surface area (TPSA) is 86.0 Å². The molecule has 0 spiro atoms. The van der Waals surface area contributed by atoms with Gasteiger partial charge in [-0.05, 0) is 18.8 Å². The van der Waals surface area contributed by atoms with Crippen molar-refractivity contribution in [3.05, 3.63) is 29.5 Å². The number of carbonyl (C=O) groups is 1. The highest BCUT2D eigenvalue weighted by Crippen LogP contribution is 2.50. The van der Waals surface area contributed by atoms with Gasteiger partial charge in [0.05, 0.1) is 5.56 Å². The molecule has 1 aliphatic carbocycles. The Morgan fingerprint density at radius 3 is 2.62 bits per heavy atom. The van der Waals surface area contributed by atoms with Crippen LogP contribution in [-0.4, -0.2) is 16.0 Å². The molecule has 1 aromatic rings. The molecular weight excluding hydrogens is 287 g/mol. The number of halogens is 3. The van der Waals surface area contributed by atoms with E-state index in [9.17, 15) is 23.1 Å². The molecule has 1 aromatic heterocycles. The first-order chi connectivity index (χ1) is 9.75. The van der Waals surface area contributed by atoms with Crippen molar-refractivity contribution >= 4 is 11.7 Å². The molecule has 1 amide bonds. The van der Waals surface area contributed by atoms with Gasteiger partial charge in [-0.1, -0.05) is 6.58 Å². The second kappa shape index (κ2) is 5.09. The molecule has 1 fully saturated rings. The molecule has 110 valence electrons. The highest BCUT2D eigenvalue weighted by atomic mass is 19.4. The minimum absolute atomic E-state index is 0.268. The van der Waals surface area contributed by atoms with E-state index in [0.29, 0.717) is 19.0 Å². The lowest BCUT2D eigenvalue weighted by atomic mass is 10.0. The molecule has 1 aliphatic rings. The van der Waals surface area contributed by atoms with Gasteiger partial charge < -0.3 is 10.4 Å². The Kier molecular flexibility index (Phi) is 3.60. The molecule has 1 heterocycles. The van der Waals surface area contributed by atoms with E-state index in [2.05, 4.69) is 16.9 Å². The molecular formula is C13H10F3N3O2. The molecule has 1 saturated carbocycles. The van der Waals surface area contributed by atoms with Crippen LogP contribution in [0.4, 0.5) is 19.0 Å². The smallest absolute Gasteiger partial charge is 0.418 e. The third kappa shape index (κ3) is 2.97. The average Bonchev–Trinajstić information content (AvgIpc) is 3.22. The first kappa shape index (κ1) is 14.8. The van der Waals surface area contributed by atoms with Gasteiger partial charge in [-0.25, -0.2) is 4.98 Å². The quantitative estimate of drug-likeness (QED) is 0.663. The Hall–Kier alpha value is -2.56. The molecule has 0 aliphatic heterocycles. The fraction of sp³-hybridized carbons (Fsp3) is 0.308. The lowest BCUT2D eigenvalue weighted by Crippen LogP contribution is -2.16. The van der Waals surface area contributed by atoms with Gasteiger partial charge in [-0.3, -0.25) is 4.79 Å². The summed E-state index contributed by atoms with van der Waals surface area (Å²) >= 11 is 0. The molecule has 0 atom stereocenters. The van der Waals surface area contributed by atoms with Gasteiger partial charge in [0.25, 0.3) is 5.91 Å². The molecule has 0 saturated heterocycles. The van der Waals surface area contributed by atoms with E-state index < -0.39 is 40.7 Å². The van der Waals surface area contributed by atoms with E-state index in [1.807, 2.05) is 0 Å². The summed E-state index contributed by atoms with van der Waals surface area (Å²) < 4.78 is 38.7. The average molecular weight is 297 g/mol. The van der Waals surface area contributed by atoms with E-state index in [1.165, 1.54) is 6.07 Å². The Balaban J connectivity index is 2.42. The van der Waals surface area contributed by atoms with Crippen molar-refractivity contribution in [1.82, 2.24) is 4.98 Å². The Morgan fingerprint density at radius 1 is 1.52 bits per heavy atom. The van der Waals surface area contributed by atoms with Crippen LogP contribution < -0.4 is 5.32 Å². The van der Waals surface area contributed by atoms with Gasteiger partial charge in [-0.15, -0.1) is 0 Å². The Morgan fingerprint density at radius 2 is 2.14 bits per heavy atom. The van der Waals surface area contributed by atoms with Crippen molar-refractivity contribution in [3.63, 3.8) is 0 Å². The summed E-state index contributed by atoms with van der Waals surface area (Å²) in [5, 5.41) is 20.5. The van der Waals surface area contributed by atoms with Crippen LogP contribution in [0.5, 0.6) is 5.75 Å². The summed E-state index contributed by atoms with van der Waals surface area (Å²) in [4.78, 5) is 14.9. The number of alkyl halides is 3. The number of hydrogen-bond donors (Lipinski definition) is 2. The van der Waals surface area contributed by atoms with Gasteiger partial charge in [0.1, 0.15) is 11.6 Å². The zero-order valence-electron chi connectivity index (χ0n) is 10.7. The number of rotatable bonds is 3. The first-order valence-corrected chi connectivity index (χ1v) is 5.95. The monoisotopic (exact) mass is 297 g/mol. The lowest BCUT2D eigenvalue weighted by Gasteiger charge is -2.16. The summed E-state index contributed by atoms with van der Waals surface area (Å²) in [6.07, 6.45) is -3.02. The summed E-state index contributed by atoms with van der Waals surface area (Å²) in [6.45, 7) is 3.16. The fourth-order valence-electron chi connectivity index (χ4n) is 1.85. The van der Waals surface area contributed by atoms with Crippen molar-refractivity contribution in [3.8, 4) is 11.8 Å². The van der Waals surface area contributed by atoms with Gasteiger partial charge in [-0.2, -0.15) is 18.4 Å². The Bertz CT molecular complexity index is 658. The molecule has 0 bridgehead atoms. The maximum absolute atomic E-state index is 12.9. The number of amides is 1. The molecule has 21 heavy (non-hydrogen) atoms. The summed E-state index contributed by atoms with van der Waals surface area (Å²) in [5.41, 5.74) is -1.72. The van der Waals surface area contributed by atoms with Gasteiger partial charge >= 0.3 is 6.18 Å². The number of nitrogens with one attached hydrogen (secondary N) is 1. The Labute approximate surface area is 117 Å². The van der Waals surface area contributed by atoms with Crippen molar-refractivity contribution in [2.45, 2.75) is 24.9 Å². The third-order valence-electron chi connectivity index (χ3n) is 3.02. The third-order valence-corrected chi connectivity index (χ3v) is 3.02. The van der Waals surface area contributed by atoms with Crippen LogP contribution in [0.15, 0.2) is 18.3 Å². The van der Waals surface area contributed by atoms with Gasteiger partial charge in [0.15, 0.2) is 11.6 Å². The van der Waals surface area contributed by atoms with Crippen molar-refractivity contribution < 1.29 is 23.1 Å². The van der Waals surface area contributed by atoms with Crippen LogP contribution in [0.1, 0.15) is 29.9 Å². The largest absolute Gasteiger partial charge is 0.504 e. The normalized spacial score (nSPS) is 14.4. The highest BCUT2D eigenvalue weighted by molar-refractivity contribution is 6.06. The second-order valence-electron chi connectivity index (χ2n) is 4.60. The molecule has 8 heteroatoms. The molecule has 0 radical (unpaired) electrons. The minimum Gasteiger partial charge on any atom is -0.504 e. The number of hydrogen-bond acceptors (Lipinski definition) is 4. The van der Waals surface area contributed by atoms with E-state index >= 15 is 0 Å². The van der Waals surface area contributed by atoms with E-state index in [-0.39, 0.29) is 5.56 Å². The summed E-state index contributed by atoms with van der Waals surface area (Å²) in [5.74, 6) is -2.46. The predicted octanol–water partition coefficient (Wildman–Crippen LogP) is 2.70. The van der Waals surface area contributed by atoms with Gasteiger partial charge in [0.2, 0.25) is 0 Å². The first-order valence-electron chi connectivity index (χ1n) is 5.95. The molecule has 2 rings (SSSR count). The van der Waals surface area contributed by atoms with Crippen LogP contribution in [0.2, 0.25) is 0 Å². The lowest BCUT2D eigenvalue weighted by molar-refractivity contribution is -0.138. The number of carbonyl (C=O) groups excluding carboxylic acids is 1. The SMILES string of the molecule is C=C(C#N)C(=O)Nc1ncc(C(F)(F)F)c(C2CC2)c1O.